The molecular weight excluding hydrogens is 254 g/mol. The van der Waals surface area contributed by atoms with E-state index in [-0.39, 0.29) is 17.9 Å². The molecule has 0 spiro atoms. The maximum Gasteiger partial charge on any atom is 0.240 e. The number of nitrogens with one attached hydrogen (secondary N) is 1. The minimum absolute atomic E-state index is 0.0373. The number of carboxylic acid groups (broad SMARTS) is 1. The molecule has 1 N–H and O–H groups in total. The summed E-state index contributed by atoms with van der Waals surface area (Å²) in [7, 11) is -3.67. The number of benzene rings is 1. The van der Waals surface area contributed by atoms with E-state index in [9.17, 15) is 18.3 Å². The minimum atomic E-state index is -3.67. The van der Waals surface area contributed by atoms with Gasteiger partial charge in [-0.1, -0.05) is 11.6 Å². The molecule has 0 heterocycles. The molecule has 0 aromatic heterocycles. The van der Waals surface area contributed by atoms with Gasteiger partial charge in [-0.15, -0.1) is 0 Å². The smallest absolute Gasteiger partial charge is 0.240 e. The zero-order valence-corrected chi connectivity index (χ0v) is 9.72. The number of carbonyl (C=O) groups excluding carboxylic acids is 1. The number of rotatable bonds is 5. The number of sulfonamides is 1. The lowest BCUT2D eigenvalue weighted by Crippen LogP contribution is -2.31. The first-order chi connectivity index (χ1) is 7.42. The Balaban J connectivity index is 2.71. The highest BCUT2D eigenvalue weighted by Gasteiger charge is 2.12. The van der Waals surface area contributed by atoms with Gasteiger partial charge in [-0.2, -0.15) is 0 Å². The van der Waals surface area contributed by atoms with Crippen molar-refractivity contribution in [2.75, 3.05) is 6.54 Å². The summed E-state index contributed by atoms with van der Waals surface area (Å²) in [5.74, 6) is -1.31. The monoisotopic (exact) mass is 262 g/mol. The second-order valence-corrected chi connectivity index (χ2v) is 5.18. The predicted octanol–water partition coefficient (Wildman–Crippen LogP) is -0.242. The normalized spacial score (nSPS) is 11.3. The zero-order valence-electron chi connectivity index (χ0n) is 8.14. The van der Waals surface area contributed by atoms with Crippen molar-refractivity contribution in [3.05, 3.63) is 29.3 Å². The van der Waals surface area contributed by atoms with Gasteiger partial charge >= 0.3 is 0 Å². The second kappa shape index (κ2) is 5.29. The molecule has 0 saturated heterocycles. The SMILES string of the molecule is O=C([O-])CCNS(=O)(=O)c1ccc(Cl)cc1. The van der Waals surface area contributed by atoms with Gasteiger partial charge in [-0.25, -0.2) is 13.1 Å². The maximum absolute atomic E-state index is 11.6. The summed E-state index contributed by atoms with van der Waals surface area (Å²) in [6.45, 7) is -0.201. The van der Waals surface area contributed by atoms with Crippen molar-refractivity contribution in [1.29, 1.82) is 0 Å². The molecule has 1 rings (SSSR count). The number of halogens is 1. The van der Waals surface area contributed by atoms with Crippen LogP contribution in [-0.2, 0) is 14.8 Å². The summed E-state index contributed by atoms with van der Waals surface area (Å²) in [5, 5.41) is 10.5. The van der Waals surface area contributed by atoms with E-state index in [0.29, 0.717) is 5.02 Å². The van der Waals surface area contributed by atoms with Gasteiger partial charge in [0, 0.05) is 24.0 Å². The highest BCUT2D eigenvalue weighted by molar-refractivity contribution is 7.89. The largest absolute Gasteiger partial charge is 0.550 e. The Morgan fingerprint density at radius 3 is 2.38 bits per heavy atom. The highest BCUT2D eigenvalue weighted by atomic mass is 35.5. The van der Waals surface area contributed by atoms with Gasteiger partial charge in [-0.05, 0) is 24.3 Å². The van der Waals surface area contributed by atoms with Crippen LogP contribution >= 0.6 is 11.6 Å². The van der Waals surface area contributed by atoms with E-state index in [4.69, 9.17) is 11.6 Å². The third-order valence-electron chi connectivity index (χ3n) is 1.75. The second-order valence-electron chi connectivity index (χ2n) is 2.97. The van der Waals surface area contributed by atoms with Crippen molar-refractivity contribution in [2.45, 2.75) is 11.3 Å². The fourth-order valence-corrected chi connectivity index (χ4v) is 2.14. The average molecular weight is 263 g/mol. The fraction of sp³-hybridized carbons (Fsp3) is 0.222. The zero-order chi connectivity index (χ0) is 12.2. The van der Waals surface area contributed by atoms with Crippen molar-refractivity contribution in [3.8, 4) is 0 Å². The van der Waals surface area contributed by atoms with Crippen LogP contribution in [0.2, 0.25) is 5.02 Å². The molecule has 0 bridgehead atoms. The lowest BCUT2D eigenvalue weighted by molar-refractivity contribution is -0.305. The Bertz CT molecular complexity index is 469. The van der Waals surface area contributed by atoms with E-state index in [0.717, 1.165) is 0 Å². The first-order valence-corrected chi connectivity index (χ1v) is 6.23. The van der Waals surface area contributed by atoms with Gasteiger partial charge in [-0.3, -0.25) is 0 Å². The van der Waals surface area contributed by atoms with Crippen LogP contribution in [0.1, 0.15) is 6.42 Å². The number of hydrogen-bond donors (Lipinski definition) is 1. The van der Waals surface area contributed by atoms with Crippen LogP contribution in [0.3, 0.4) is 0 Å². The molecule has 1 aromatic rings. The first-order valence-electron chi connectivity index (χ1n) is 4.37. The molecule has 0 atom stereocenters. The summed E-state index contributed by atoms with van der Waals surface area (Å²) in [6.07, 6.45) is -0.368. The minimum Gasteiger partial charge on any atom is -0.550 e. The number of aliphatic carboxylic acids is 1. The van der Waals surface area contributed by atoms with E-state index in [1.807, 2.05) is 0 Å². The third-order valence-corrected chi connectivity index (χ3v) is 3.47. The van der Waals surface area contributed by atoms with Crippen molar-refractivity contribution in [3.63, 3.8) is 0 Å². The molecule has 0 saturated carbocycles. The highest BCUT2D eigenvalue weighted by Crippen LogP contribution is 2.13. The summed E-state index contributed by atoms with van der Waals surface area (Å²) in [4.78, 5) is 10.1. The summed E-state index contributed by atoms with van der Waals surface area (Å²) >= 11 is 5.61. The van der Waals surface area contributed by atoms with E-state index >= 15 is 0 Å². The molecule has 0 unspecified atom stereocenters. The quantitative estimate of drug-likeness (QED) is 0.793. The van der Waals surface area contributed by atoms with Gasteiger partial charge in [0.1, 0.15) is 0 Å². The number of carboxylic acids is 1. The van der Waals surface area contributed by atoms with Gasteiger partial charge in [0.25, 0.3) is 0 Å². The van der Waals surface area contributed by atoms with E-state index in [1.54, 1.807) is 0 Å². The van der Waals surface area contributed by atoms with Gasteiger partial charge < -0.3 is 9.90 Å². The molecule has 88 valence electrons. The Hall–Kier alpha value is -1.11. The van der Waals surface area contributed by atoms with Gasteiger partial charge in [0.05, 0.1) is 4.90 Å². The average Bonchev–Trinajstić information content (AvgIpc) is 2.17. The fourth-order valence-electron chi connectivity index (χ4n) is 0.985. The van der Waals surface area contributed by atoms with E-state index in [1.165, 1.54) is 24.3 Å². The van der Waals surface area contributed by atoms with Crippen molar-refractivity contribution in [1.82, 2.24) is 4.72 Å². The Morgan fingerprint density at radius 2 is 1.88 bits per heavy atom. The standard InChI is InChI=1S/C9H10ClNO4S/c10-7-1-3-8(4-2-7)16(14,15)11-6-5-9(12)13/h1-4,11H,5-6H2,(H,12,13)/p-1. The van der Waals surface area contributed by atoms with Crippen molar-refractivity contribution < 1.29 is 18.3 Å². The van der Waals surface area contributed by atoms with Crippen LogP contribution in [0.4, 0.5) is 0 Å². The molecule has 7 heteroatoms. The molecular formula is C9H9ClNO4S-. The number of hydrogen-bond acceptors (Lipinski definition) is 4. The summed E-state index contributed by atoms with van der Waals surface area (Å²) in [5.41, 5.74) is 0. The van der Waals surface area contributed by atoms with E-state index < -0.39 is 16.0 Å². The van der Waals surface area contributed by atoms with Crippen LogP contribution in [0, 0.1) is 0 Å². The van der Waals surface area contributed by atoms with Crippen LogP contribution in [0.25, 0.3) is 0 Å². The topological polar surface area (TPSA) is 86.3 Å². The summed E-state index contributed by atoms with van der Waals surface area (Å²) in [6, 6.07) is 5.55. The first kappa shape index (κ1) is 13.0. The Labute approximate surface area is 98.1 Å². The Kier molecular flexibility index (Phi) is 4.28. The van der Waals surface area contributed by atoms with E-state index in [2.05, 4.69) is 4.72 Å². The molecule has 0 aliphatic carbocycles. The Morgan fingerprint density at radius 1 is 1.31 bits per heavy atom. The van der Waals surface area contributed by atoms with Crippen molar-refractivity contribution >= 4 is 27.6 Å². The molecule has 0 fully saturated rings. The summed E-state index contributed by atoms with van der Waals surface area (Å²) < 4.78 is 25.2. The lowest BCUT2D eigenvalue weighted by Gasteiger charge is -2.06. The van der Waals surface area contributed by atoms with Crippen LogP contribution in [0.5, 0.6) is 0 Å². The third kappa shape index (κ3) is 3.80. The molecule has 0 amide bonds. The van der Waals surface area contributed by atoms with Crippen molar-refractivity contribution in [2.24, 2.45) is 0 Å². The molecule has 5 nitrogen and oxygen atoms in total. The predicted molar refractivity (Wildman–Crippen MR) is 56.3 cm³/mol. The van der Waals surface area contributed by atoms with Gasteiger partial charge in [0.2, 0.25) is 10.0 Å². The molecule has 0 aliphatic rings. The van der Waals surface area contributed by atoms with Crippen LogP contribution < -0.4 is 9.83 Å². The molecule has 0 aliphatic heterocycles. The molecule has 16 heavy (non-hydrogen) atoms. The van der Waals surface area contributed by atoms with Crippen LogP contribution in [0.15, 0.2) is 29.2 Å². The maximum atomic E-state index is 11.6. The number of carbonyl (C=O) groups is 1. The molecule has 1 aromatic carbocycles. The van der Waals surface area contributed by atoms with Gasteiger partial charge in [0.15, 0.2) is 0 Å². The van der Waals surface area contributed by atoms with Crippen LogP contribution in [-0.4, -0.2) is 20.9 Å². The lowest BCUT2D eigenvalue weighted by atomic mass is 10.4. The molecule has 0 radical (unpaired) electrons.